The molecule has 0 saturated carbocycles. The summed E-state index contributed by atoms with van der Waals surface area (Å²) in [5, 5.41) is 3.55. The van der Waals surface area contributed by atoms with Crippen LogP contribution in [0.5, 0.6) is 0 Å². The van der Waals surface area contributed by atoms with Gasteiger partial charge in [0.2, 0.25) is 0 Å². The van der Waals surface area contributed by atoms with Crippen LogP contribution in [-0.2, 0) is 0 Å². The molecule has 0 bridgehead atoms. The van der Waals surface area contributed by atoms with Gasteiger partial charge >= 0.3 is 0 Å². The molecular formula is C12H27N. The summed E-state index contributed by atoms with van der Waals surface area (Å²) in [5.74, 6) is 0.745. The Morgan fingerprint density at radius 2 is 1.62 bits per heavy atom. The summed E-state index contributed by atoms with van der Waals surface area (Å²) >= 11 is 0. The fourth-order valence-electron chi connectivity index (χ4n) is 1.18. The van der Waals surface area contributed by atoms with Gasteiger partial charge in [0.1, 0.15) is 0 Å². The van der Waals surface area contributed by atoms with Crippen molar-refractivity contribution in [2.45, 2.75) is 60.4 Å². The Bertz CT molecular complexity index is 122. The number of hydrogen-bond donors (Lipinski definition) is 1. The molecule has 0 spiro atoms. The van der Waals surface area contributed by atoms with Crippen LogP contribution in [0.15, 0.2) is 0 Å². The molecule has 0 aromatic heterocycles. The van der Waals surface area contributed by atoms with Crippen molar-refractivity contribution in [2.24, 2.45) is 11.3 Å². The van der Waals surface area contributed by atoms with Crippen LogP contribution in [0.2, 0.25) is 0 Å². The summed E-state index contributed by atoms with van der Waals surface area (Å²) in [6.07, 6.45) is 2.60. The van der Waals surface area contributed by atoms with E-state index >= 15 is 0 Å². The maximum absolute atomic E-state index is 3.55. The van der Waals surface area contributed by atoms with Crippen LogP contribution in [-0.4, -0.2) is 12.6 Å². The van der Waals surface area contributed by atoms with E-state index in [-0.39, 0.29) is 0 Å². The highest BCUT2D eigenvalue weighted by Crippen LogP contribution is 2.19. The lowest BCUT2D eigenvalue weighted by Crippen LogP contribution is -2.31. The molecule has 0 aliphatic rings. The molecule has 0 saturated heterocycles. The molecule has 0 aliphatic heterocycles. The molecule has 0 aliphatic carbocycles. The molecule has 1 N–H and O–H groups in total. The zero-order valence-corrected chi connectivity index (χ0v) is 10.3. The largest absolute Gasteiger partial charge is 0.314 e. The number of hydrogen-bond acceptors (Lipinski definition) is 1. The molecule has 0 amide bonds. The lowest BCUT2D eigenvalue weighted by atomic mass is 9.90. The van der Waals surface area contributed by atoms with E-state index in [2.05, 4.69) is 46.9 Å². The lowest BCUT2D eigenvalue weighted by molar-refractivity contribution is 0.346. The first-order valence-corrected chi connectivity index (χ1v) is 5.56. The predicted octanol–water partition coefficient (Wildman–Crippen LogP) is 3.45. The molecule has 0 radical (unpaired) electrons. The van der Waals surface area contributed by atoms with Crippen molar-refractivity contribution >= 4 is 0 Å². The van der Waals surface area contributed by atoms with E-state index in [0.29, 0.717) is 11.5 Å². The predicted molar refractivity (Wildman–Crippen MR) is 61.0 cm³/mol. The maximum atomic E-state index is 3.55. The molecule has 0 aromatic carbocycles. The zero-order chi connectivity index (χ0) is 10.5. The Balaban J connectivity index is 3.36. The molecule has 13 heavy (non-hydrogen) atoms. The third-order valence-corrected chi connectivity index (χ3v) is 2.57. The van der Waals surface area contributed by atoms with Gasteiger partial charge in [-0.2, -0.15) is 0 Å². The van der Waals surface area contributed by atoms with Crippen LogP contribution >= 0.6 is 0 Å². The molecule has 80 valence electrons. The van der Waals surface area contributed by atoms with E-state index in [1.165, 1.54) is 12.8 Å². The standard InChI is InChI=1S/C12H27N/c1-10(2)11(3)13-9-7-8-12(4,5)6/h10-11,13H,7-9H2,1-6H3. The molecule has 1 atom stereocenters. The number of nitrogens with one attached hydrogen (secondary N) is 1. The Kier molecular flexibility index (Phi) is 5.62. The van der Waals surface area contributed by atoms with Gasteiger partial charge in [-0.3, -0.25) is 0 Å². The quantitative estimate of drug-likeness (QED) is 0.647. The van der Waals surface area contributed by atoms with E-state index in [9.17, 15) is 0 Å². The maximum Gasteiger partial charge on any atom is 0.00617 e. The van der Waals surface area contributed by atoms with Gasteiger partial charge < -0.3 is 5.32 Å². The van der Waals surface area contributed by atoms with E-state index in [1.807, 2.05) is 0 Å². The van der Waals surface area contributed by atoms with Crippen LogP contribution in [0.1, 0.15) is 54.4 Å². The average Bonchev–Trinajstić information content (AvgIpc) is 1.95. The molecule has 1 unspecified atom stereocenters. The van der Waals surface area contributed by atoms with E-state index < -0.39 is 0 Å². The Labute approximate surface area is 84.3 Å². The summed E-state index contributed by atoms with van der Waals surface area (Å²) < 4.78 is 0. The van der Waals surface area contributed by atoms with Gasteiger partial charge in [-0.15, -0.1) is 0 Å². The van der Waals surface area contributed by atoms with E-state index in [4.69, 9.17) is 0 Å². The van der Waals surface area contributed by atoms with Crippen LogP contribution in [0.3, 0.4) is 0 Å². The highest BCUT2D eigenvalue weighted by atomic mass is 14.9. The summed E-state index contributed by atoms with van der Waals surface area (Å²) in [7, 11) is 0. The van der Waals surface area contributed by atoms with Crippen molar-refractivity contribution in [1.29, 1.82) is 0 Å². The highest BCUT2D eigenvalue weighted by Gasteiger charge is 2.10. The number of rotatable bonds is 5. The second-order valence-corrected chi connectivity index (χ2v) is 5.65. The van der Waals surface area contributed by atoms with E-state index in [0.717, 1.165) is 12.5 Å². The summed E-state index contributed by atoms with van der Waals surface area (Å²) in [6.45, 7) is 14.9. The van der Waals surface area contributed by atoms with Gasteiger partial charge in [-0.1, -0.05) is 34.6 Å². The molecular weight excluding hydrogens is 158 g/mol. The summed E-state index contributed by atoms with van der Waals surface area (Å²) in [5.41, 5.74) is 0.489. The Hall–Kier alpha value is -0.0400. The van der Waals surface area contributed by atoms with Crippen LogP contribution in [0.25, 0.3) is 0 Å². The second kappa shape index (κ2) is 5.64. The monoisotopic (exact) mass is 185 g/mol. The Morgan fingerprint density at radius 3 is 2.00 bits per heavy atom. The Morgan fingerprint density at radius 1 is 1.08 bits per heavy atom. The molecule has 0 rings (SSSR count). The van der Waals surface area contributed by atoms with Gasteiger partial charge in [-0.25, -0.2) is 0 Å². The highest BCUT2D eigenvalue weighted by molar-refractivity contribution is 4.66. The van der Waals surface area contributed by atoms with Gasteiger partial charge in [0.15, 0.2) is 0 Å². The molecule has 1 heteroatoms. The van der Waals surface area contributed by atoms with Crippen molar-refractivity contribution in [3.63, 3.8) is 0 Å². The summed E-state index contributed by atoms with van der Waals surface area (Å²) in [6, 6.07) is 0.653. The fraction of sp³-hybridized carbons (Fsp3) is 1.00. The van der Waals surface area contributed by atoms with E-state index in [1.54, 1.807) is 0 Å². The minimum absolute atomic E-state index is 0.489. The smallest absolute Gasteiger partial charge is 0.00617 e. The van der Waals surface area contributed by atoms with Crippen LogP contribution in [0, 0.1) is 11.3 Å². The molecule has 0 heterocycles. The van der Waals surface area contributed by atoms with Gasteiger partial charge in [-0.05, 0) is 37.6 Å². The van der Waals surface area contributed by atoms with Crippen molar-refractivity contribution in [1.82, 2.24) is 5.32 Å². The average molecular weight is 185 g/mol. The minimum atomic E-state index is 0.489. The van der Waals surface area contributed by atoms with Gasteiger partial charge in [0, 0.05) is 6.04 Å². The molecule has 0 aromatic rings. The first-order chi connectivity index (χ1) is 5.83. The normalized spacial score (nSPS) is 15.0. The van der Waals surface area contributed by atoms with Crippen molar-refractivity contribution in [3.8, 4) is 0 Å². The third kappa shape index (κ3) is 8.29. The summed E-state index contributed by atoms with van der Waals surface area (Å²) in [4.78, 5) is 0. The van der Waals surface area contributed by atoms with Crippen molar-refractivity contribution in [3.05, 3.63) is 0 Å². The molecule has 0 fully saturated rings. The first-order valence-electron chi connectivity index (χ1n) is 5.56. The van der Waals surface area contributed by atoms with Crippen LogP contribution in [0.4, 0.5) is 0 Å². The zero-order valence-electron chi connectivity index (χ0n) is 10.3. The second-order valence-electron chi connectivity index (χ2n) is 5.65. The topological polar surface area (TPSA) is 12.0 Å². The fourth-order valence-corrected chi connectivity index (χ4v) is 1.18. The molecule has 1 nitrogen and oxygen atoms in total. The van der Waals surface area contributed by atoms with Crippen LogP contribution < -0.4 is 5.32 Å². The lowest BCUT2D eigenvalue weighted by Gasteiger charge is -2.20. The minimum Gasteiger partial charge on any atom is -0.314 e. The SMILES string of the molecule is CC(C)C(C)NCCCC(C)(C)C. The van der Waals surface area contributed by atoms with Crippen molar-refractivity contribution < 1.29 is 0 Å². The third-order valence-electron chi connectivity index (χ3n) is 2.57. The van der Waals surface area contributed by atoms with Gasteiger partial charge in [0.05, 0.1) is 0 Å². The van der Waals surface area contributed by atoms with Crippen molar-refractivity contribution in [2.75, 3.05) is 6.54 Å². The first kappa shape index (κ1) is 13.0. The van der Waals surface area contributed by atoms with Gasteiger partial charge in [0.25, 0.3) is 0 Å².